The second kappa shape index (κ2) is 4.33. The van der Waals surface area contributed by atoms with Gasteiger partial charge in [0.15, 0.2) is 0 Å². The number of carboxylic acids is 1. The highest BCUT2D eigenvalue weighted by molar-refractivity contribution is 5.89. The zero-order chi connectivity index (χ0) is 11.5. The molecule has 2 N–H and O–H groups in total. The highest BCUT2D eigenvalue weighted by atomic mass is 16.4. The smallest absolute Gasteiger partial charge is 0.307 e. The Bertz CT molecular complexity index is 532. The Morgan fingerprint density at radius 2 is 2.00 bits per heavy atom. The lowest BCUT2D eigenvalue weighted by Gasteiger charge is -2.05. The molecule has 0 saturated heterocycles. The predicted octanol–water partition coefficient (Wildman–Crippen LogP) is 1.96. The van der Waals surface area contributed by atoms with Gasteiger partial charge in [0.25, 0.3) is 0 Å². The molecule has 16 heavy (non-hydrogen) atoms. The fourth-order valence-electron chi connectivity index (χ4n) is 1.82. The molecule has 0 atom stereocenters. The summed E-state index contributed by atoms with van der Waals surface area (Å²) in [5.41, 5.74) is 1.63. The molecule has 0 unspecified atom stereocenters. The highest BCUT2D eigenvalue weighted by Crippen LogP contribution is 2.20. The Morgan fingerprint density at radius 3 is 2.69 bits per heavy atom. The predicted molar refractivity (Wildman–Crippen MR) is 61.2 cm³/mol. The second-order valence-corrected chi connectivity index (χ2v) is 3.70. The van der Waals surface area contributed by atoms with Crippen molar-refractivity contribution in [3.63, 3.8) is 0 Å². The lowest BCUT2D eigenvalue weighted by Crippen LogP contribution is -2.00. The van der Waals surface area contributed by atoms with Crippen LogP contribution in [0.4, 0.5) is 0 Å². The van der Waals surface area contributed by atoms with Crippen LogP contribution in [0.5, 0.6) is 0 Å². The van der Waals surface area contributed by atoms with Crippen molar-refractivity contribution in [3.8, 4) is 0 Å². The third-order valence-corrected chi connectivity index (χ3v) is 2.56. The van der Waals surface area contributed by atoms with Crippen molar-refractivity contribution < 1.29 is 15.0 Å². The summed E-state index contributed by atoms with van der Waals surface area (Å²) in [7, 11) is 0. The summed E-state index contributed by atoms with van der Waals surface area (Å²) in [6.45, 7) is -0.000895. The molecular formula is C13H12O3. The van der Waals surface area contributed by atoms with Gasteiger partial charge >= 0.3 is 5.97 Å². The van der Waals surface area contributed by atoms with E-state index in [2.05, 4.69) is 0 Å². The summed E-state index contributed by atoms with van der Waals surface area (Å²) in [6.07, 6.45) is 0.0236. The summed E-state index contributed by atoms with van der Waals surface area (Å²) in [4.78, 5) is 10.7. The maximum atomic E-state index is 10.7. The molecule has 3 nitrogen and oxygen atoms in total. The molecule has 0 heterocycles. The van der Waals surface area contributed by atoms with Crippen molar-refractivity contribution in [2.75, 3.05) is 0 Å². The molecule has 0 bridgehead atoms. The minimum Gasteiger partial charge on any atom is -0.481 e. The first-order valence-electron chi connectivity index (χ1n) is 5.04. The molecule has 2 aromatic carbocycles. The van der Waals surface area contributed by atoms with Crippen LogP contribution in [-0.4, -0.2) is 16.2 Å². The number of fused-ring (bicyclic) bond motifs is 1. The number of aliphatic hydroxyl groups is 1. The van der Waals surface area contributed by atoms with Crippen LogP contribution < -0.4 is 0 Å². The number of carboxylic acid groups (broad SMARTS) is 1. The SMILES string of the molecule is O=C(O)Cc1cccc2cc(CO)ccc12. The maximum Gasteiger partial charge on any atom is 0.307 e. The van der Waals surface area contributed by atoms with E-state index in [0.29, 0.717) is 0 Å². The van der Waals surface area contributed by atoms with Gasteiger partial charge in [-0.1, -0.05) is 30.3 Å². The third-order valence-electron chi connectivity index (χ3n) is 2.56. The summed E-state index contributed by atoms with van der Waals surface area (Å²) in [5.74, 6) is -0.835. The van der Waals surface area contributed by atoms with Gasteiger partial charge in [0.05, 0.1) is 13.0 Å². The highest BCUT2D eigenvalue weighted by Gasteiger charge is 2.05. The van der Waals surface area contributed by atoms with Crippen molar-refractivity contribution >= 4 is 16.7 Å². The van der Waals surface area contributed by atoms with Gasteiger partial charge in [-0.25, -0.2) is 0 Å². The molecule has 0 saturated carbocycles. The molecule has 0 amide bonds. The van der Waals surface area contributed by atoms with E-state index >= 15 is 0 Å². The van der Waals surface area contributed by atoms with Crippen LogP contribution in [0.2, 0.25) is 0 Å². The number of aliphatic hydroxyl groups excluding tert-OH is 1. The second-order valence-electron chi connectivity index (χ2n) is 3.70. The Labute approximate surface area is 93.0 Å². The molecule has 3 heteroatoms. The van der Waals surface area contributed by atoms with E-state index in [1.165, 1.54) is 0 Å². The zero-order valence-electron chi connectivity index (χ0n) is 8.68. The van der Waals surface area contributed by atoms with Crippen LogP contribution in [0.3, 0.4) is 0 Å². The van der Waals surface area contributed by atoms with Crippen LogP contribution in [-0.2, 0) is 17.8 Å². The van der Waals surface area contributed by atoms with Gasteiger partial charge in [0.2, 0.25) is 0 Å². The van der Waals surface area contributed by atoms with Gasteiger partial charge in [-0.2, -0.15) is 0 Å². The van der Waals surface area contributed by atoms with Crippen LogP contribution in [0, 0.1) is 0 Å². The average Bonchev–Trinajstić information content (AvgIpc) is 2.28. The van der Waals surface area contributed by atoms with E-state index in [1.54, 1.807) is 0 Å². The fourth-order valence-corrected chi connectivity index (χ4v) is 1.82. The van der Waals surface area contributed by atoms with Crippen LogP contribution >= 0.6 is 0 Å². The number of rotatable bonds is 3. The average molecular weight is 216 g/mol. The molecule has 0 radical (unpaired) electrons. The van der Waals surface area contributed by atoms with Gasteiger partial charge < -0.3 is 10.2 Å². The number of hydrogen-bond donors (Lipinski definition) is 2. The summed E-state index contributed by atoms with van der Waals surface area (Å²) < 4.78 is 0. The monoisotopic (exact) mass is 216 g/mol. The molecule has 2 rings (SSSR count). The van der Waals surface area contributed by atoms with E-state index in [9.17, 15) is 4.79 Å². The zero-order valence-corrected chi connectivity index (χ0v) is 8.68. The van der Waals surface area contributed by atoms with Crippen molar-refractivity contribution in [1.82, 2.24) is 0 Å². The quantitative estimate of drug-likeness (QED) is 0.824. The standard InChI is InChI=1S/C13H12O3/c14-8-9-4-5-12-10(6-9)2-1-3-11(12)7-13(15)16/h1-6,14H,7-8H2,(H,15,16). The molecule has 0 spiro atoms. The first-order chi connectivity index (χ1) is 7.70. The minimum absolute atomic E-state index is 0.000895. The molecular weight excluding hydrogens is 204 g/mol. The normalized spacial score (nSPS) is 10.6. The van der Waals surface area contributed by atoms with Crippen molar-refractivity contribution in [1.29, 1.82) is 0 Å². The Kier molecular flexibility index (Phi) is 2.88. The number of hydrogen-bond acceptors (Lipinski definition) is 2. The van der Waals surface area contributed by atoms with Gasteiger partial charge in [-0.15, -0.1) is 0 Å². The lowest BCUT2D eigenvalue weighted by molar-refractivity contribution is -0.136. The summed E-state index contributed by atoms with van der Waals surface area (Å²) in [5, 5.41) is 19.7. The topological polar surface area (TPSA) is 57.5 Å². The van der Waals surface area contributed by atoms with E-state index in [4.69, 9.17) is 10.2 Å². The van der Waals surface area contributed by atoms with Crippen molar-refractivity contribution in [3.05, 3.63) is 47.5 Å². The first kappa shape index (κ1) is 10.6. The number of carbonyl (C=O) groups is 1. The summed E-state index contributed by atoms with van der Waals surface area (Å²) in [6, 6.07) is 11.1. The minimum atomic E-state index is -0.835. The Balaban J connectivity index is 2.55. The van der Waals surface area contributed by atoms with E-state index in [0.717, 1.165) is 21.9 Å². The van der Waals surface area contributed by atoms with Crippen molar-refractivity contribution in [2.24, 2.45) is 0 Å². The molecule has 0 aliphatic carbocycles. The van der Waals surface area contributed by atoms with Gasteiger partial charge in [-0.05, 0) is 28.0 Å². The van der Waals surface area contributed by atoms with E-state index in [1.807, 2.05) is 36.4 Å². The Morgan fingerprint density at radius 1 is 1.19 bits per heavy atom. The lowest BCUT2D eigenvalue weighted by atomic mass is 10.0. The molecule has 0 aliphatic rings. The molecule has 82 valence electrons. The molecule has 0 aromatic heterocycles. The first-order valence-corrected chi connectivity index (χ1v) is 5.04. The Hall–Kier alpha value is -1.87. The third kappa shape index (κ3) is 2.04. The van der Waals surface area contributed by atoms with Gasteiger partial charge in [-0.3, -0.25) is 4.79 Å². The maximum absolute atomic E-state index is 10.7. The molecule has 2 aromatic rings. The van der Waals surface area contributed by atoms with Crippen LogP contribution in [0.15, 0.2) is 36.4 Å². The van der Waals surface area contributed by atoms with E-state index in [-0.39, 0.29) is 13.0 Å². The van der Waals surface area contributed by atoms with Gasteiger partial charge in [0.1, 0.15) is 0 Å². The van der Waals surface area contributed by atoms with Crippen LogP contribution in [0.25, 0.3) is 10.8 Å². The summed E-state index contributed by atoms with van der Waals surface area (Å²) >= 11 is 0. The van der Waals surface area contributed by atoms with E-state index < -0.39 is 5.97 Å². The fraction of sp³-hybridized carbons (Fsp3) is 0.154. The van der Waals surface area contributed by atoms with Crippen molar-refractivity contribution in [2.45, 2.75) is 13.0 Å². The number of aliphatic carboxylic acids is 1. The van der Waals surface area contributed by atoms with Gasteiger partial charge in [0, 0.05) is 0 Å². The largest absolute Gasteiger partial charge is 0.481 e. The molecule has 0 fully saturated rings. The molecule has 0 aliphatic heterocycles. The number of benzene rings is 2. The van der Waals surface area contributed by atoms with Crippen LogP contribution in [0.1, 0.15) is 11.1 Å².